The van der Waals surface area contributed by atoms with Crippen LogP contribution in [0.5, 0.6) is 0 Å². The van der Waals surface area contributed by atoms with E-state index in [0.717, 1.165) is 12.3 Å². The topological polar surface area (TPSA) is 50.9 Å². The average molecular weight is 246 g/mol. The number of halogens is 1. The van der Waals surface area contributed by atoms with Crippen molar-refractivity contribution in [2.24, 2.45) is 5.92 Å². The maximum atomic E-state index is 5.78. The van der Waals surface area contributed by atoms with Crippen molar-refractivity contribution in [1.29, 1.82) is 0 Å². The van der Waals surface area contributed by atoms with E-state index < -0.39 is 0 Å². The first kappa shape index (κ1) is 12.5. The van der Waals surface area contributed by atoms with Crippen molar-refractivity contribution in [3.63, 3.8) is 0 Å². The first-order valence-electron chi connectivity index (χ1n) is 4.78. The fourth-order valence-electron chi connectivity index (χ4n) is 1.20. The molecule has 0 aliphatic rings. The van der Waals surface area contributed by atoms with Crippen LogP contribution < -0.4 is 11.1 Å². The lowest BCUT2D eigenvalue weighted by Gasteiger charge is -2.13. The number of nitrogens with zero attached hydrogens (tertiary/aromatic N) is 1. The van der Waals surface area contributed by atoms with Gasteiger partial charge in [-0.25, -0.2) is 4.98 Å². The first-order valence-corrected chi connectivity index (χ1v) is 6.55. The fourth-order valence-corrected chi connectivity index (χ4v) is 2.04. The highest BCUT2D eigenvalue weighted by Crippen LogP contribution is 2.18. The van der Waals surface area contributed by atoms with Gasteiger partial charge in [-0.2, -0.15) is 11.8 Å². The van der Waals surface area contributed by atoms with E-state index in [4.69, 9.17) is 17.3 Å². The summed E-state index contributed by atoms with van der Waals surface area (Å²) < 4.78 is 0. The van der Waals surface area contributed by atoms with Gasteiger partial charge >= 0.3 is 0 Å². The summed E-state index contributed by atoms with van der Waals surface area (Å²) in [6, 6.07) is 3.45. The predicted octanol–water partition coefficient (Wildman–Crippen LogP) is 2.73. The number of aromatic nitrogens is 1. The molecule has 0 aliphatic carbocycles. The van der Waals surface area contributed by atoms with E-state index in [2.05, 4.69) is 23.5 Å². The molecule has 0 fully saturated rings. The summed E-state index contributed by atoms with van der Waals surface area (Å²) in [6.45, 7) is 3.04. The van der Waals surface area contributed by atoms with Crippen molar-refractivity contribution in [3.8, 4) is 0 Å². The van der Waals surface area contributed by atoms with Crippen molar-refractivity contribution in [2.45, 2.75) is 6.92 Å². The Morgan fingerprint density at radius 2 is 2.33 bits per heavy atom. The third-order valence-electron chi connectivity index (χ3n) is 1.96. The molecule has 0 saturated carbocycles. The SMILES string of the molecule is CSCC(C)CNc1nc(Cl)ccc1N. The zero-order chi connectivity index (χ0) is 11.3. The third-order valence-corrected chi connectivity index (χ3v) is 3.07. The maximum Gasteiger partial charge on any atom is 0.150 e. The molecule has 0 aliphatic heterocycles. The molecule has 1 aromatic rings. The molecule has 0 saturated heterocycles. The molecule has 84 valence electrons. The molecule has 1 aromatic heterocycles. The summed E-state index contributed by atoms with van der Waals surface area (Å²) in [6.07, 6.45) is 2.10. The Kier molecular flexibility index (Phi) is 5.05. The fraction of sp³-hybridized carbons (Fsp3) is 0.500. The highest BCUT2D eigenvalue weighted by atomic mass is 35.5. The molecule has 1 heterocycles. The minimum absolute atomic E-state index is 0.462. The number of hydrogen-bond acceptors (Lipinski definition) is 4. The standard InChI is InChI=1S/C10H16ClN3S/c1-7(6-15-2)5-13-10-8(12)3-4-9(11)14-10/h3-4,7H,5-6,12H2,1-2H3,(H,13,14). The summed E-state index contributed by atoms with van der Waals surface area (Å²) in [4.78, 5) is 4.13. The predicted molar refractivity (Wildman–Crippen MR) is 69.7 cm³/mol. The zero-order valence-electron chi connectivity index (χ0n) is 8.96. The van der Waals surface area contributed by atoms with Gasteiger partial charge in [0.15, 0.2) is 5.82 Å². The number of nitrogens with one attached hydrogen (secondary N) is 1. The van der Waals surface area contributed by atoms with Gasteiger partial charge in [-0.3, -0.25) is 0 Å². The van der Waals surface area contributed by atoms with Crippen LogP contribution in [0.3, 0.4) is 0 Å². The summed E-state index contributed by atoms with van der Waals surface area (Å²) in [5, 5.41) is 3.67. The number of anilines is 2. The molecule has 0 spiro atoms. The number of hydrogen-bond donors (Lipinski definition) is 2. The van der Waals surface area contributed by atoms with Crippen LogP contribution in [0.25, 0.3) is 0 Å². The van der Waals surface area contributed by atoms with Gasteiger partial charge in [0.25, 0.3) is 0 Å². The summed E-state index contributed by atoms with van der Waals surface area (Å²) >= 11 is 7.62. The monoisotopic (exact) mass is 245 g/mol. The van der Waals surface area contributed by atoms with Crippen LogP contribution in [-0.4, -0.2) is 23.5 Å². The Morgan fingerprint density at radius 1 is 1.60 bits per heavy atom. The van der Waals surface area contributed by atoms with Gasteiger partial charge in [-0.15, -0.1) is 0 Å². The lowest BCUT2D eigenvalue weighted by molar-refractivity contribution is 0.700. The Hall–Kier alpha value is -0.610. The van der Waals surface area contributed by atoms with Crippen LogP contribution in [0.4, 0.5) is 11.5 Å². The molecule has 0 bridgehead atoms. The molecule has 1 atom stereocenters. The van der Waals surface area contributed by atoms with Crippen molar-refractivity contribution in [1.82, 2.24) is 4.98 Å². The van der Waals surface area contributed by atoms with E-state index in [9.17, 15) is 0 Å². The number of nitrogens with two attached hydrogens (primary N) is 1. The summed E-state index contributed by atoms with van der Waals surface area (Å²) in [5.41, 5.74) is 6.40. The average Bonchev–Trinajstić information content (AvgIpc) is 2.20. The molecular weight excluding hydrogens is 230 g/mol. The second kappa shape index (κ2) is 6.08. The molecule has 0 aromatic carbocycles. The molecule has 0 amide bonds. The van der Waals surface area contributed by atoms with E-state index in [-0.39, 0.29) is 0 Å². The van der Waals surface area contributed by atoms with Crippen LogP contribution in [0.1, 0.15) is 6.92 Å². The Bertz CT molecular complexity index is 320. The lowest BCUT2D eigenvalue weighted by atomic mass is 10.2. The van der Waals surface area contributed by atoms with Crippen LogP contribution in [-0.2, 0) is 0 Å². The van der Waals surface area contributed by atoms with Gasteiger partial charge in [0.1, 0.15) is 5.15 Å². The molecule has 0 radical (unpaired) electrons. The first-order chi connectivity index (χ1) is 7.13. The molecular formula is C10H16ClN3S. The van der Waals surface area contributed by atoms with Crippen LogP contribution in [0.2, 0.25) is 5.15 Å². The van der Waals surface area contributed by atoms with Crippen molar-refractivity contribution in [3.05, 3.63) is 17.3 Å². The number of thioether (sulfide) groups is 1. The van der Waals surface area contributed by atoms with E-state index in [1.54, 1.807) is 12.1 Å². The molecule has 1 rings (SSSR count). The normalized spacial score (nSPS) is 12.5. The maximum absolute atomic E-state index is 5.78. The molecule has 15 heavy (non-hydrogen) atoms. The van der Waals surface area contributed by atoms with Crippen molar-refractivity contribution < 1.29 is 0 Å². The highest BCUT2D eigenvalue weighted by Gasteiger charge is 2.04. The van der Waals surface area contributed by atoms with Gasteiger partial charge in [0, 0.05) is 6.54 Å². The minimum atomic E-state index is 0.462. The molecule has 3 N–H and O–H groups in total. The van der Waals surface area contributed by atoms with E-state index >= 15 is 0 Å². The Balaban J connectivity index is 2.53. The highest BCUT2D eigenvalue weighted by molar-refractivity contribution is 7.98. The third kappa shape index (κ3) is 4.18. The molecule has 1 unspecified atom stereocenters. The quantitative estimate of drug-likeness (QED) is 0.784. The number of pyridine rings is 1. The number of nitrogen functional groups attached to an aromatic ring is 1. The largest absolute Gasteiger partial charge is 0.396 e. The van der Waals surface area contributed by atoms with E-state index in [0.29, 0.717) is 22.6 Å². The van der Waals surface area contributed by atoms with Gasteiger partial charge in [-0.05, 0) is 30.1 Å². The van der Waals surface area contributed by atoms with E-state index in [1.807, 2.05) is 11.8 Å². The number of rotatable bonds is 5. The van der Waals surface area contributed by atoms with Gasteiger partial charge in [-0.1, -0.05) is 18.5 Å². The van der Waals surface area contributed by atoms with Gasteiger partial charge in [0.2, 0.25) is 0 Å². The van der Waals surface area contributed by atoms with Crippen LogP contribution in [0, 0.1) is 5.92 Å². The zero-order valence-corrected chi connectivity index (χ0v) is 10.5. The summed E-state index contributed by atoms with van der Waals surface area (Å²) in [7, 11) is 0. The smallest absolute Gasteiger partial charge is 0.150 e. The lowest BCUT2D eigenvalue weighted by Crippen LogP contribution is -2.15. The second-order valence-electron chi connectivity index (χ2n) is 3.51. The summed E-state index contributed by atoms with van der Waals surface area (Å²) in [5.74, 6) is 2.38. The van der Waals surface area contributed by atoms with Crippen LogP contribution in [0.15, 0.2) is 12.1 Å². The van der Waals surface area contributed by atoms with Gasteiger partial charge < -0.3 is 11.1 Å². The minimum Gasteiger partial charge on any atom is -0.396 e. The second-order valence-corrected chi connectivity index (χ2v) is 4.81. The van der Waals surface area contributed by atoms with Crippen LogP contribution >= 0.6 is 23.4 Å². The van der Waals surface area contributed by atoms with Gasteiger partial charge in [0.05, 0.1) is 5.69 Å². The van der Waals surface area contributed by atoms with Crippen molar-refractivity contribution in [2.75, 3.05) is 29.6 Å². The van der Waals surface area contributed by atoms with Crippen molar-refractivity contribution >= 4 is 34.9 Å². The Morgan fingerprint density at radius 3 is 3.00 bits per heavy atom. The molecule has 3 nitrogen and oxygen atoms in total. The Labute approximate surface area is 99.8 Å². The van der Waals surface area contributed by atoms with E-state index in [1.165, 1.54) is 0 Å². The molecule has 5 heteroatoms.